The van der Waals surface area contributed by atoms with E-state index < -0.39 is 10.0 Å². The first-order chi connectivity index (χ1) is 13.0. The molecule has 0 unspecified atom stereocenters. The average molecular weight is 399 g/mol. The Hall–Kier alpha value is -2.77. The minimum absolute atomic E-state index is 0.132. The van der Waals surface area contributed by atoms with E-state index in [4.69, 9.17) is 0 Å². The molecule has 0 aliphatic heterocycles. The van der Waals surface area contributed by atoms with Crippen molar-refractivity contribution in [2.75, 3.05) is 16.3 Å². The van der Waals surface area contributed by atoms with Crippen LogP contribution < -0.4 is 10.0 Å². The van der Waals surface area contributed by atoms with E-state index >= 15 is 0 Å². The molecular weight excluding hydrogens is 380 g/mol. The topological polar surface area (TPSA) is 75.3 Å². The van der Waals surface area contributed by atoms with Crippen LogP contribution in [0.15, 0.2) is 88.7 Å². The summed E-state index contributed by atoms with van der Waals surface area (Å²) in [4.78, 5) is 13.8. The molecule has 0 bridgehead atoms. The van der Waals surface area contributed by atoms with Crippen LogP contribution in [0.4, 0.5) is 11.4 Å². The molecule has 138 valence electrons. The Morgan fingerprint density at radius 3 is 2.11 bits per heavy atom. The molecule has 3 aromatic carbocycles. The molecule has 0 spiro atoms. The van der Waals surface area contributed by atoms with Gasteiger partial charge in [0.2, 0.25) is 0 Å². The number of hydrogen-bond donors (Lipinski definition) is 2. The van der Waals surface area contributed by atoms with Gasteiger partial charge in [-0.2, -0.15) is 0 Å². The SMILES string of the molecule is CSc1ccccc1NC(=O)c1ccccc1NS(=O)(=O)c1ccccc1. The molecule has 0 saturated carbocycles. The maximum absolute atomic E-state index is 12.8. The van der Waals surface area contributed by atoms with Gasteiger partial charge in [-0.3, -0.25) is 9.52 Å². The molecule has 3 rings (SSSR count). The summed E-state index contributed by atoms with van der Waals surface area (Å²) in [6, 6.07) is 22.0. The highest BCUT2D eigenvalue weighted by molar-refractivity contribution is 7.98. The third kappa shape index (κ3) is 4.50. The van der Waals surface area contributed by atoms with Gasteiger partial charge in [0.1, 0.15) is 0 Å². The third-order valence-corrected chi connectivity index (χ3v) is 6.00. The maximum Gasteiger partial charge on any atom is 0.261 e. The predicted molar refractivity (Wildman–Crippen MR) is 110 cm³/mol. The van der Waals surface area contributed by atoms with E-state index in [0.717, 1.165) is 4.90 Å². The summed E-state index contributed by atoms with van der Waals surface area (Å²) in [5.74, 6) is -0.386. The lowest BCUT2D eigenvalue weighted by Gasteiger charge is -2.14. The summed E-state index contributed by atoms with van der Waals surface area (Å²) in [5, 5.41) is 2.85. The molecule has 0 saturated heterocycles. The fourth-order valence-corrected chi connectivity index (χ4v) is 4.17. The Balaban J connectivity index is 1.89. The molecule has 0 heterocycles. The molecule has 1 amide bonds. The number of carbonyl (C=O) groups excluding carboxylic acids is 1. The normalized spacial score (nSPS) is 11.0. The zero-order valence-corrected chi connectivity index (χ0v) is 16.2. The molecule has 0 aliphatic rings. The lowest BCUT2D eigenvalue weighted by molar-refractivity contribution is 0.102. The number of rotatable bonds is 6. The van der Waals surface area contributed by atoms with E-state index in [-0.39, 0.29) is 22.1 Å². The van der Waals surface area contributed by atoms with Gasteiger partial charge in [-0.25, -0.2) is 8.42 Å². The van der Waals surface area contributed by atoms with E-state index in [9.17, 15) is 13.2 Å². The molecule has 0 fully saturated rings. The van der Waals surface area contributed by atoms with Crippen molar-refractivity contribution in [3.63, 3.8) is 0 Å². The van der Waals surface area contributed by atoms with Crippen LogP contribution in [-0.2, 0) is 10.0 Å². The average Bonchev–Trinajstić information content (AvgIpc) is 2.69. The minimum Gasteiger partial charge on any atom is -0.321 e. The fourth-order valence-electron chi connectivity index (χ4n) is 2.51. The second-order valence-electron chi connectivity index (χ2n) is 5.62. The standard InChI is InChI=1S/C20H18N2O3S2/c1-26-19-14-8-7-13-18(19)21-20(23)16-11-5-6-12-17(16)22-27(24,25)15-9-3-2-4-10-15/h2-14,22H,1H3,(H,21,23). The zero-order valence-electron chi connectivity index (χ0n) is 14.5. The summed E-state index contributed by atoms with van der Waals surface area (Å²) in [7, 11) is -3.79. The predicted octanol–water partition coefficient (Wildman–Crippen LogP) is 4.46. The molecule has 0 radical (unpaired) electrons. The number of hydrogen-bond acceptors (Lipinski definition) is 4. The summed E-state index contributed by atoms with van der Waals surface area (Å²) in [6.45, 7) is 0. The van der Waals surface area contributed by atoms with Crippen LogP contribution in [0.2, 0.25) is 0 Å². The first-order valence-corrected chi connectivity index (χ1v) is 10.8. The Kier molecular flexibility index (Phi) is 5.83. The van der Waals surface area contributed by atoms with Crippen molar-refractivity contribution in [2.24, 2.45) is 0 Å². The van der Waals surface area contributed by atoms with Crippen molar-refractivity contribution in [3.8, 4) is 0 Å². The molecule has 3 aromatic rings. The van der Waals surface area contributed by atoms with E-state index in [0.29, 0.717) is 5.69 Å². The highest BCUT2D eigenvalue weighted by atomic mass is 32.2. The van der Waals surface area contributed by atoms with Crippen molar-refractivity contribution in [1.82, 2.24) is 0 Å². The van der Waals surface area contributed by atoms with Gasteiger partial charge < -0.3 is 5.32 Å². The van der Waals surface area contributed by atoms with E-state index in [1.54, 1.807) is 48.5 Å². The highest BCUT2D eigenvalue weighted by Crippen LogP contribution is 2.26. The maximum atomic E-state index is 12.8. The smallest absolute Gasteiger partial charge is 0.261 e. The van der Waals surface area contributed by atoms with Crippen LogP contribution in [0, 0.1) is 0 Å². The Morgan fingerprint density at radius 1 is 0.815 bits per heavy atom. The van der Waals surface area contributed by atoms with Crippen molar-refractivity contribution in [1.29, 1.82) is 0 Å². The number of anilines is 2. The Morgan fingerprint density at radius 2 is 1.41 bits per heavy atom. The summed E-state index contributed by atoms with van der Waals surface area (Å²) in [6.07, 6.45) is 1.92. The van der Waals surface area contributed by atoms with Gasteiger partial charge in [0, 0.05) is 4.90 Å². The van der Waals surface area contributed by atoms with Crippen LogP contribution in [0.1, 0.15) is 10.4 Å². The largest absolute Gasteiger partial charge is 0.321 e. The van der Waals surface area contributed by atoms with Crippen LogP contribution in [0.25, 0.3) is 0 Å². The zero-order chi connectivity index (χ0) is 19.3. The van der Waals surface area contributed by atoms with Gasteiger partial charge in [-0.05, 0) is 42.7 Å². The van der Waals surface area contributed by atoms with Gasteiger partial charge in [-0.1, -0.05) is 42.5 Å². The van der Waals surface area contributed by atoms with E-state index in [1.807, 2.05) is 24.5 Å². The second kappa shape index (κ2) is 8.28. The number of amides is 1. The van der Waals surface area contributed by atoms with Crippen molar-refractivity contribution >= 4 is 39.1 Å². The molecule has 5 nitrogen and oxygen atoms in total. The number of carbonyl (C=O) groups is 1. The molecule has 7 heteroatoms. The minimum atomic E-state index is -3.79. The van der Waals surface area contributed by atoms with Gasteiger partial charge in [0.15, 0.2) is 0 Å². The molecule has 27 heavy (non-hydrogen) atoms. The van der Waals surface area contributed by atoms with Crippen LogP contribution in [0.3, 0.4) is 0 Å². The lowest BCUT2D eigenvalue weighted by Crippen LogP contribution is -2.18. The van der Waals surface area contributed by atoms with Gasteiger partial charge in [0.05, 0.1) is 21.8 Å². The molecule has 2 N–H and O–H groups in total. The van der Waals surface area contributed by atoms with E-state index in [2.05, 4.69) is 10.0 Å². The quantitative estimate of drug-likeness (QED) is 0.601. The number of sulfonamides is 1. The summed E-state index contributed by atoms with van der Waals surface area (Å²) >= 11 is 1.52. The van der Waals surface area contributed by atoms with Gasteiger partial charge >= 0.3 is 0 Å². The van der Waals surface area contributed by atoms with Crippen LogP contribution >= 0.6 is 11.8 Å². The fraction of sp³-hybridized carbons (Fsp3) is 0.0500. The second-order valence-corrected chi connectivity index (χ2v) is 8.15. The number of thioether (sulfide) groups is 1. The highest BCUT2D eigenvalue weighted by Gasteiger charge is 2.18. The number of nitrogens with one attached hydrogen (secondary N) is 2. The first kappa shape index (κ1) is 19.0. The molecule has 0 atom stereocenters. The molecule has 0 aromatic heterocycles. The van der Waals surface area contributed by atoms with Gasteiger partial charge in [0.25, 0.3) is 15.9 Å². The summed E-state index contributed by atoms with van der Waals surface area (Å²) < 4.78 is 27.7. The van der Waals surface area contributed by atoms with Crippen molar-refractivity contribution in [2.45, 2.75) is 9.79 Å². The van der Waals surface area contributed by atoms with Gasteiger partial charge in [-0.15, -0.1) is 11.8 Å². The number of benzene rings is 3. The van der Waals surface area contributed by atoms with E-state index in [1.165, 1.54) is 23.9 Å². The Labute approximate surface area is 162 Å². The van der Waals surface area contributed by atoms with Crippen LogP contribution in [-0.4, -0.2) is 20.6 Å². The molecular formula is C20H18N2O3S2. The lowest BCUT2D eigenvalue weighted by atomic mass is 10.1. The third-order valence-electron chi connectivity index (χ3n) is 3.82. The van der Waals surface area contributed by atoms with Crippen molar-refractivity contribution in [3.05, 3.63) is 84.4 Å². The first-order valence-electron chi connectivity index (χ1n) is 8.12. The Bertz CT molecular complexity index is 1050. The van der Waals surface area contributed by atoms with Crippen molar-refractivity contribution < 1.29 is 13.2 Å². The monoisotopic (exact) mass is 398 g/mol. The van der Waals surface area contributed by atoms with Crippen LogP contribution in [0.5, 0.6) is 0 Å². The number of para-hydroxylation sites is 2. The summed E-state index contributed by atoms with van der Waals surface area (Å²) in [5.41, 5.74) is 1.14. The molecule has 0 aliphatic carbocycles.